The Balaban J connectivity index is 2.31. The lowest BCUT2D eigenvalue weighted by Crippen LogP contribution is -2.22. The standard InChI is InChI=1S/C6H6O3/c7-5-2-3-1-4(5)6(8)9-3/h3-4H,1-2H2. The highest BCUT2D eigenvalue weighted by Crippen LogP contribution is 2.32. The van der Waals surface area contributed by atoms with Crippen molar-refractivity contribution in [2.45, 2.75) is 18.9 Å². The van der Waals surface area contributed by atoms with Gasteiger partial charge in [-0.05, 0) is 0 Å². The van der Waals surface area contributed by atoms with Gasteiger partial charge in [0, 0.05) is 12.8 Å². The molecule has 1 saturated heterocycles. The molecule has 2 bridgehead atoms. The normalized spacial score (nSPS) is 39.6. The Bertz CT molecular complexity index is 167. The third-order valence-electron chi connectivity index (χ3n) is 1.88. The maximum absolute atomic E-state index is 10.7. The minimum absolute atomic E-state index is 0.0660. The van der Waals surface area contributed by atoms with Gasteiger partial charge in [-0.3, -0.25) is 9.59 Å². The Labute approximate surface area is 52.0 Å². The highest BCUT2D eigenvalue weighted by molar-refractivity contribution is 6.03. The molecule has 0 amide bonds. The van der Waals surface area contributed by atoms with Crippen molar-refractivity contribution in [2.75, 3.05) is 0 Å². The number of ketones is 1. The van der Waals surface area contributed by atoms with Gasteiger partial charge < -0.3 is 4.74 Å². The molecule has 3 heteroatoms. The highest BCUT2D eigenvalue weighted by atomic mass is 16.6. The van der Waals surface area contributed by atoms with Gasteiger partial charge >= 0.3 is 5.97 Å². The van der Waals surface area contributed by atoms with Crippen molar-refractivity contribution < 1.29 is 14.3 Å². The van der Waals surface area contributed by atoms with Gasteiger partial charge in [0.2, 0.25) is 0 Å². The zero-order chi connectivity index (χ0) is 6.43. The van der Waals surface area contributed by atoms with Gasteiger partial charge in [-0.25, -0.2) is 0 Å². The maximum Gasteiger partial charge on any atom is 0.316 e. The molecule has 0 N–H and O–H groups in total. The van der Waals surface area contributed by atoms with E-state index < -0.39 is 5.92 Å². The molecule has 0 aromatic heterocycles. The lowest BCUT2D eigenvalue weighted by molar-refractivity contribution is -0.151. The minimum atomic E-state index is -0.394. The van der Waals surface area contributed by atoms with Gasteiger partial charge in [-0.1, -0.05) is 0 Å². The van der Waals surface area contributed by atoms with E-state index in [1.54, 1.807) is 0 Å². The van der Waals surface area contributed by atoms with Crippen LogP contribution in [0.25, 0.3) is 0 Å². The van der Waals surface area contributed by atoms with E-state index in [0.717, 1.165) is 0 Å². The first-order valence-electron chi connectivity index (χ1n) is 3.00. The summed E-state index contributed by atoms with van der Waals surface area (Å²) >= 11 is 0. The second-order valence-corrected chi connectivity index (χ2v) is 2.52. The van der Waals surface area contributed by atoms with Crippen molar-refractivity contribution in [1.29, 1.82) is 0 Å². The predicted molar refractivity (Wildman–Crippen MR) is 27.6 cm³/mol. The Hall–Kier alpha value is -0.860. The maximum atomic E-state index is 10.7. The lowest BCUT2D eigenvalue weighted by Gasteiger charge is -2.07. The third kappa shape index (κ3) is 0.515. The fourth-order valence-corrected chi connectivity index (χ4v) is 1.41. The van der Waals surface area contributed by atoms with E-state index in [1.807, 2.05) is 0 Å². The van der Waals surface area contributed by atoms with Crippen molar-refractivity contribution >= 4 is 11.8 Å². The highest BCUT2D eigenvalue weighted by Gasteiger charge is 2.46. The molecule has 3 nitrogen and oxygen atoms in total. The van der Waals surface area contributed by atoms with Gasteiger partial charge in [0.1, 0.15) is 12.0 Å². The average molecular weight is 126 g/mol. The van der Waals surface area contributed by atoms with Crippen LogP contribution in [0.4, 0.5) is 0 Å². The van der Waals surface area contributed by atoms with E-state index in [0.29, 0.717) is 12.8 Å². The SMILES string of the molecule is O=C1CC2CC1C(=O)O2. The van der Waals surface area contributed by atoms with Gasteiger partial charge in [0.25, 0.3) is 0 Å². The molecule has 1 aliphatic heterocycles. The van der Waals surface area contributed by atoms with Crippen molar-refractivity contribution in [3.63, 3.8) is 0 Å². The molecule has 9 heavy (non-hydrogen) atoms. The molecule has 2 aliphatic rings. The lowest BCUT2D eigenvalue weighted by atomic mass is 10.1. The van der Waals surface area contributed by atoms with E-state index in [-0.39, 0.29) is 17.9 Å². The zero-order valence-electron chi connectivity index (χ0n) is 4.79. The molecule has 1 saturated carbocycles. The van der Waals surface area contributed by atoms with E-state index in [1.165, 1.54) is 0 Å². The summed E-state index contributed by atoms with van der Waals surface area (Å²) in [4.78, 5) is 21.3. The average Bonchev–Trinajstić information content (AvgIpc) is 2.22. The van der Waals surface area contributed by atoms with Crippen LogP contribution in [0.1, 0.15) is 12.8 Å². The summed E-state index contributed by atoms with van der Waals surface area (Å²) < 4.78 is 4.77. The molecule has 0 aromatic carbocycles. The molecule has 2 atom stereocenters. The summed E-state index contributed by atoms with van der Waals surface area (Å²) in [5.74, 6) is -0.637. The van der Waals surface area contributed by atoms with Gasteiger partial charge in [0.15, 0.2) is 5.78 Å². The molecular formula is C6H6O3. The summed E-state index contributed by atoms with van der Waals surface area (Å²) in [7, 11) is 0. The summed E-state index contributed by atoms with van der Waals surface area (Å²) in [6.45, 7) is 0. The quantitative estimate of drug-likeness (QED) is 0.336. The second kappa shape index (κ2) is 1.35. The fourth-order valence-electron chi connectivity index (χ4n) is 1.41. The largest absolute Gasteiger partial charge is 0.461 e. The monoisotopic (exact) mass is 126 g/mol. The Morgan fingerprint density at radius 3 is 2.56 bits per heavy atom. The van der Waals surface area contributed by atoms with Crippen LogP contribution in [0.15, 0.2) is 0 Å². The second-order valence-electron chi connectivity index (χ2n) is 2.52. The number of Topliss-reactive ketones (excluding diaryl/α,β-unsaturated/α-hetero) is 1. The zero-order valence-corrected chi connectivity index (χ0v) is 4.79. The number of rotatable bonds is 0. The van der Waals surface area contributed by atoms with E-state index in [9.17, 15) is 9.59 Å². The number of carbonyl (C=O) groups excluding carboxylic acids is 2. The fraction of sp³-hybridized carbons (Fsp3) is 0.667. The Kier molecular flexibility index (Phi) is 0.743. The van der Waals surface area contributed by atoms with Crippen LogP contribution in [0.5, 0.6) is 0 Å². The van der Waals surface area contributed by atoms with Crippen LogP contribution in [0.2, 0.25) is 0 Å². The molecule has 1 aliphatic carbocycles. The van der Waals surface area contributed by atoms with Crippen molar-refractivity contribution in [3.05, 3.63) is 0 Å². The van der Waals surface area contributed by atoms with Crippen molar-refractivity contribution in [2.24, 2.45) is 5.92 Å². The summed E-state index contributed by atoms with van der Waals surface area (Å²) in [6, 6.07) is 0. The van der Waals surface area contributed by atoms with E-state index >= 15 is 0 Å². The predicted octanol–water partition coefficient (Wildman–Crippen LogP) is -0.109. The van der Waals surface area contributed by atoms with Crippen LogP contribution >= 0.6 is 0 Å². The number of ether oxygens (including phenoxy) is 1. The third-order valence-corrected chi connectivity index (χ3v) is 1.88. The van der Waals surface area contributed by atoms with Gasteiger partial charge in [-0.15, -0.1) is 0 Å². The summed E-state index contributed by atoms with van der Waals surface area (Å²) in [5.41, 5.74) is 0. The molecule has 48 valence electrons. The molecule has 1 heterocycles. The number of esters is 1. The number of hydrogen-bond donors (Lipinski definition) is 0. The summed E-state index contributed by atoms with van der Waals surface area (Å²) in [5, 5.41) is 0. The first kappa shape index (κ1) is 4.97. The van der Waals surface area contributed by atoms with Crippen molar-refractivity contribution in [3.8, 4) is 0 Å². The molecule has 2 rings (SSSR count). The molecule has 0 aromatic rings. The smallest absolute Gasteiger partial charge is 0.316 e. The van der Waals surface area contributed by atoms with E-state index in [2.05, 4.69) is 0 Å². The topological polar surface area (TPSA) is 43.4 Å². The molecule has 0 spiro atoms. The first-order chi connectivity index (χ1) is 4.27. The Morgan fingerprint density at radius 1 is 1.44 bits per heavy atom. The van der Waals surface area contributed by atoms with Gasteiger partial charge in [0.05, 0.1) is 0 Å². The molecule has 0 radical (unpaired) electrons. The van der Waals surface area contributed by atoms with Crippen LogP contribution < -0.4 is 0 Å². The molecule has 2 unspecified atom stereocenters. The van der Waals surface area contributed by atoms with E-state index in [4.69, 9.17) is 4.74 Å². The van der Waals surface area contributed by atoms with Crippen LogP contribution in [-0.2, 0) is 14.3 Å². The summed E-state index contributed by atoms with van der Waals surface area (Å²) in [6.07, 6.45) is 1.02. The number of fused-ring (bicyclic) bond motifs is 2. The van der Waals surface area contributed by atoms with Crippen molar-refractivity contribution in [1.82, 2.24) is 0 Å². The number of hydrogen-bond acceptors (Lipinski definition) is 3. The number of carbonyl (C=O) groups is 2. The molecular weight excluding hydrogens is 120 g/mol. The minimum Gasteiger partial charge on any atom is -0.461 e. The molecule has 2 fully saturated rings. The van der Waals surface area contributed by atoms with Gasteiger partial charge in [-0.2, -0.15) is 0 Å². The Morgan fingerprint density at radius 2 is 2.22 bits per heavy atom. The van der Waals surface area contributed by atoms with Crippen LogP contribution in [0.3, 0.4) is 0 Å². The van der Waals surface area contributed by atoms with Crippen LogP contribution in [-0.4, -0.2) is 17.9 Å². The van der Waals surface area contributed by atoms with Crippen LogP contribution in [0, 0.1) is 5.92 Å². The first-order valence-corrected chi connectivity index (χ1v) is 3.00.